The largest absolute Gasteiger partial charge is 0.495 e. The van der Waals surface area contributed by atoms with Crippen LogP contribution in [-0.4, -0.2) is 89.5 Å². The lowest BCUT2D eigenvalue weighted by atomic mass is 10.1. The summed E-state index contributed by atoms with van der Waals surface area (Å²) in [4.78, 5) is 33.3. The molecule has 0 bridgehead atoms. The Bertz CT molecular complexity index is 1420. The molecule has 3 aromatic rings. The van der Waals surface area contributed by atoms with Crippen molar-refractivity contribution in [2.24, 2.45) is 0 Å². The van der Waals surface area contributed by atoms with Gasteiger partial charge in [-0.1, -0.05) is 18.2 Å². The molecular formula is C33H42N6O4. The number of piperazine rings is 1. The van der Waals surface area contributed by atoms with Crippen molar-refractivity contribution < 1.29 is 19.1 Å². The predicted octanol–water partition coefficient (Wildman–Crippen LogP) is 4.34. The summed E-state index contributed by atoms with van der Waals surface area (Å²) in [6.07, 6.45) is 0. The van der Waals surface area contributed by atoms with Gasteiger partial charge < -0.3 is 35.2 Å². The minimum atomic E-state index is -0.361. The smallest absolute Gasteiger partial charge is 0.323 e. The normalized spacial score (nSPS) is 15.6. The van der Waals surface area contributed by atoms with E-state index in [0.717, 1.165) is 87.3 Å². The quantitative estimate of drug-likeness (QED) is 0.343. The Labute approximate surface area is 253 Å². The van der Waals surface area contributed by atoms with E-state index in [2.05, 4.69) is 36.7 Å². The molecule has 5 rings (SSSR count). The number of nitrogens with one attached hydrogen (secondary N) is 3. The maximum atomic E-state index is 13.6. The molecule has 0 saturated carbocycles. The second-order valence-corrected chi connectivity index (χ2v) is 11.0. The van der Waals surface area contributed by atoms with E-state index in [-0.39, 0.29) is 11.9 Å². The Hall–Kier alpha value is -4.28. The first-order valence-electron chi connectivity index (χ1n) is 14.9. The molecule has 2 heterocycles. The van der Waals surface area contributed by atoms with E-state index in [1.807, 2.05) is 62.4 Å². The average Bonchev–Trinajstić information content (AvgIpc) is 3.03. The number of aryl methyl sites for hydroxylation is 2. The first-order valence-corrected chi connectivity index (χ1v) is 14.9. The van der Waals surface area contributed by atoms with Gasteiger partial charge in [0.15, 0.2) is 0 Å². The Morgan fingerprint density at radius 1 is 0.791 bits per heavy atom. The van der Waals surface area contributed by atoms with Gasteiger partial charge in [-0.25, -0.2) is 4.79 Å². The Kier molecular flexibility index (Phi) is 10.0. The van der Waals surface area contributed by atoms with E-state index in [1.54, 1.807) is 13.2 Å². The van der Waals surface area contributed by atoms with Crippen molar-refractivity contribution in [3.63, 3.8) is 0 Å². The van der Waals surface area contributed by atoms with Crippen molar-refractivity contribution in [1.82, 2.24) is 10.2 Å². The van der Waals surface area contributed by atoms with Crippen molar-refractivity contribution in [3.8, 4) is 5.75 Å². The molecule has 0 radical (unpaired) electrons. The number of rotatable bonds is 9. The fourth-order valence-corrected chi connectivity index (χ4v) is 5.51. The number of amides is 3. The standard InChI is InChI=1S/C33H42N6O4/c1-24-8-9-26(22-25(24)2)35-33(41)36-27-10-11-29(28(23-27)32(40)34-12-13-37-18-20-43-21-19-37)38-14-16-39(17-15-38)30-6-4-5-7-31(30)42-3/h4-11,22-23H,12-21H2,1-3H3,(H,34,40)(H2,35,36,41). The van der Waals surface area contributed by atoms with Gasteiger partial charge in [0.1, 0.15) is 5.75 Å². The summed E-state index contributed by atoms with van der Waals surface area (Å²) in [5.74, 6) is 0.694. The first kappa shape index (κ1) is 30.2. The SMILES string of the molecule is COc1ccccc1N1CCN(c2ccc(NC(=O)Nc3ccc(C)c(C)c3)cc2C(=O)NCCN2CCOCC2)CC1. The minimum absolute atomic E-state index is 0.159. The molecule has 2 aliphatic heterocycles. The van der Waals surface area contributed by atoms with E-state index >= 15 is 0 Å². The summed E-state index contributed by atoms with van der Waals surface area (Å²) in [6, 6.07) is 19.0. The van der Waals surface area contributed by atoms with Gasteiger partial charge in [0.25, 0.3) is 5.91 Å². The summed E-state index contributed by atoms with van der Waals surface area (Å²) in [5, 5.41) is 8.90. The molecule has 10 heteroatoms. The van der Waals surface area contributed by atoms with Crippen LogP contribution in [0.2, 0.25) is 0 Å². The number of urea groups is 1. The number of morpholine rings is 1. The number of para-hydroxylation sites is 2. The summed E-state index contributed by atoms with van der Waals surface area (Å²) >= 11 is 0. The van der Waals surface area contributed by atoms with Gasteiger partial charge in [0.05, 0.1) is 31.6 Å². The lowest BCUT2D eigenvalue weighted by Crippen LogP contribution is -2.47. The van der Waals surface area contributed by atoms with Crippen LogP contribution in [0.4, 0.5) is 27.5 Å². The number of anilines is 4. The maximum absolute atomic E-state index is 13.6. The molecule has 0 atom stereocenters. The van der Waals surface area contributed by atoms with Gasteiger partial charge in [-0.3, -0.25) is 9.69 Å². The highest BCUT2D eigenvalue weighted by Gasteiger charge is 2.24. The molecule has 2 aliphatic rings. The third kappa shape index (κ3) is 7.77. The molecule has 228 valence electrons. The molecule has 10 nitrogen and oxygen atoms in total. The van der Waals surface area contributed by atoms with Crippen LogP contribution in [0, 0.1) is 13.8 Å². The van der Waals surface area contributed by atoms with E-state index in [1.165, 1.54) is 0 Å². The number of hydrogen-bond donors (Lipinski definition) is 3. The molecule has 3 N–H and O–H groups in total. The van der Waals surface area contributed by atoms with Crippen LogP contribution >= 0.6 is 0 Å². The molecule has 0 aromatic heterocycles. The van der Waals surface area contributed by atoms with Crippen LogP contribution in [0.5, 0.6) is 5.75 Å². The van der Waals surface area contributed by atoms with Gasteiger partial charge in [-0.2, -0.15) is 0 Å². The molecule has 0 unspecified atom stereocenters. The van der Waals surface area contributed by atoms with Crippen molar-refractivity contribution in [2.45, 2.75) is 13.8 Å². The number of methoxy groups -OCH3 is 1. The average molecular weight is 587 g/mol. The van der Waals surface area contributed by atoms with Crippen LogP contribution in [0.15, 0.2) is 60.7 Å². The first-order chi connectivity index (χ1) is 20.9. The third-order valence-electron chi connectivity index (χ3n) is 8.13. The number of benzene rings is 3. The molecule has 0 spiro atoms. The second-order valence-electron chi connectivity index (χ2n) is 11.0. The van der Waals surface area contributed by atoms with E-state index in [4.69, 9.17) is 9.47 Å². The van der Waals surface area contributed by atoms with Crippen LogP contribution in [-0.2, 0) is 4.74 Å². The van der Waals surface area contributed by atoms with Crippen molar-refractivity contribution >= 4 is 34.7 Å². The number of carbonyl (C=O) groups is 2. The van der Waals surface area contributed by atoms with Gasteiger partial charge in [-0.15, -0.1) is 0 Å². The molecule has 3 amide bonds. The number of nitrogens with zero attached hydrogens (tertiary/aromatic N) is 3. The number of ether oxygens (including phenoxy) is 2. The summed E-state index contributed by atoms with van der Waals surface area (Å²) in [7, 11) is 1.69. The molecule has 0 aliphatic carbocycles. The Balaban J connectivity index is 1.29. The molecular weight excluding hydrogens is 544 g/mol. The zero-order valence-electron chi connectivity index (χ0n) is 25.3. The third-order valence-corrected chi connectivity index (χ3v) is 8.13. The monoisotopic (exact) mass is 586 g/mol. The topological polar surface area (TPSA) is 98.4 Å². The highest BCUT2D eigenvalue weighted by Crippen LogP contribution is 2.31. The highest BCUT2D eigenvalue weighted by atomic mass is 16.5. The zero-order chi connectivity index (χ0) is 30.2. The van der Waals surface area contributed by atoms with E-state index in [9.17, 15) is 9.59 Å². The van der Waals surface area contributed by atoms with Gasteiger partial charge in [0.2, 0.25) is 0 Å². The summed E-state index contributed by atoms with van der Waals surface area (Å²) in [5.41, 5.74) is 5.99. The number of carbonyl (C=O) groups excluding carboxylic acids is 2. The molecule has 2 fully saturated rings. The summed E-state index contributed by atoms with van der Waals surface area (Å²) in [6.45, 7) is 11.6. The number of hydrogen-bond acceptors (Lipinski definition) is 7. The molecule has 3 aromatic carbocycles. The highest BCUT2D eigenvalue weighted by molar-refractivity contribution is 6.04. The Morgan fingerprint density at radius 3 is 2.14 bits per heavy atom. The maximum Gasteiger partial charge on any atom is 0.323 e. The second kappa shape index (κ2) is 14.3. The fraction of sp³-hybridized carbons (Fsp3) is 0.394. The minimum Gasteiger partial charge on any atom is -0.495 e. The van der Waals surface area contributed by atoms with E-state index < -0.39 is 0 Å². The predicted molar refractivity (Wildman–Crippen MR) is 172 cm³/mol. The van der Waals surface area contributed by atoms with Crippen molar-refractivity contribution in [1.29, 1.82) is 0 Å². The zero-order valence-corrected chi connectivity index (χ0v) is 25.3. The lowest BCUT2D eigenvalue weighted by Gasteiger charge is -2.38. The van der Waals surface area contributed by atoms with Crippen molar-refractivity contribution in [2.75, 3.05) is 93.1 Å². The molecule has 43 heavy (non-hydrogen) atoms. The lowest BCUT2D eigenvalue weighted by molar-refractivity contribution is 0.0383. The van der Waals surface area contributed by atoms with Gasteiger partial charge in [0, 0.05) is 69.4 Å². The summed E-state index contributed by atoms with van der Waals surface area (Å²) < 4.78 is 11.0. The Morgan fingerprint density at radius 2 is 1.44 bits per heavy atom. The van der Waals surface area contributed by atoms with Gasteiger partial charge in [-0.05, 0) is 67.4 Å². The van der Waals surface area contributed by atoms with Crippen LogP contribution in [0.3, 0.4) is 0 Å². The fourth-order valence-electron chi connectivity index (χ4n) is 5.51. The van der Waals surface area contributed by atoms with Crippen molar-refractivity contribution in [3.05, 3.63) is 77.4 Å². The molecule has 2 saturated heterocycles. The van der Waals surface area contributed by atoms with Crippen LogP contribution in [0.1, 0.15) is 21.5 Å². The van der Waals surface area contributed by atoms with E-state index in [0.29, 0.717) is 23.5 Å². The van der Waals surface area contributed by atoms with Crippen LogP contribution < -0.4 is 30.5 Å². The van der Waals surface area contributed by atoms with Gasteiger partial charge >= 0.3 is 6.03 Å². The van der Waals surface area contributed by atoms with Crippen LogP contribution in [0.25, 0.3) is 0 Å².